The average Bonchev–Trinajstić information content (AvgIpc) is 3.16. The van der Waals surface area contributed by atoms with Crippen LogP contribution in [0.25, 0.3) is 11.1 Å². The molecule has 0 aliphatic carbocycles. The van der Waals surface area contributed by atoms with Crippen LogP contribution in [0.3, 0.4) is 0 Å². The van der Waals surface area contributed by atoms with Crippen LogP contribution in [-0.2, 0) is 6.54 Å². The average molecular weight is 519 g/mol. The summed E-state index contributed by atoms with van der Waals surface area (Å²) >= 11 is 0. The molecule has 0 bridgehead atoms. The van der Waals surface area contributed by atoms with E-state index in [2.05, 4.69) is 47.5 Å². The van der Waals surface area contributed by atoms with Crippen LogP contribution < -0.4 is 20.7 Å². The molecule has 4 aromatic carbocycles. The topological polar surface area (TPSA) is 70.8 Å². The summed E-state index contributed by atoms with van der Waals surface area (Å²) in [5.74, 6) is 1.35. The van der Waals surface area contributed by atoms with Gasteiger partial charge in [-0.05, 0) is 66.1 Å². The van der Waals surface area contributed by atoms with Gasteiger partial charge in [-0.2, -0.15) is 0 Å². The SMILES string of the molecule is CCN/C(=C\N)CN1CCN(C(=O)c2cccc(Oc3ccccc3)c2)Cc2cc(-c3ccccc3)ccc21. The first-order chi connectivity index (χ1) is 19.1. The fourth-order valence-corrected chi connectivity index (χ4v) is 4.91. The number of benzene rings is 4. The maximum absolute atomic E-state index is 13.8. The van der Waals surface area contributed by atoms with Crippen molar-refractivity contribution in [3.05, 3.63) is 126 Å². The predicted molar refractivity (Wildman–Crippen MR) is 158 cm³/mol. The van der Waals surface area contributed by atoms with Gasteiger partial charge >= 0.3 is 0 Å². The molecule has 39 heavy (non-hydrogen) atoms. The van der Waals surface area contributed by atoms with E-state index in [1.165, 1.54) is 0 Å². The van der Waals surface area contributed by atoms with Gasteiger partial charge in [-0.1, -0.05) is 60.7 Å². The van der Waals surface area contributed by atoms with Gasteiger partial charge in [0, 0.05) is 49.3 Å². The summed E-state index contributed by atoms with van der Waals surface area (Å²) < 4.78 is 5.99. The highest BCUT2D eigenvalue weighted by Gasteiger charge is 2.25. The molecule has 1 aliphatic heterocycles. The summed E-state index contributed by atoms with van der Waals surface area (Å²) in [5, 5.41) is 3.35. The third-order valence-corrected chi connectivity index (χ3v) is 6.84. The minimum Gasteiger partial charge on any atom is -0.457 e. The summed E-state index contributed by atoms with van der Waals surface area (Å²) in [6.07, 6.45) is 1.63. The number of ether oxygens (including phenoxy) is 1. The van der Waals surface area contributed by atoms with E-state index in [4.69, 9.17) is 10.5 Å². The van der Waals surface area contributed by atoms with Crippen LogP contribution in [0.1, 0.15) is 22.8 Å². The zero-order valence-corrected chi connectivity index (χ0v) is 22.2. The first kappa shape index (κ1) is 25.9. The van der Waals surface area contributed by atoms with Gasteiger partial charge in [0.15, 0.2) is 0 Å². The quantitative estimate of drug-likeness (QED) is 0.299. The molecular weight excluding hydrogens is 484 g/mol. The van der Waals surface area contributed by atoms with E-state index in [9.17, 15) is 4.79 Å². The van der Waals surface area contributed by atoms with Crippen molar-refractivity contribution in [2.45, 2.75) is 13.5 Å². The number of nitrogens with one attached hydrogen (secondary N) is 1. The Labute approximate surface area is 230 Å². The lowest BCUT2D eigenvalue weighted by atomic mass is 10.0. The van der Waals surface area contributed by atoms with E-state index in [0.717, 1.165) is 40.4 Å². The zero-order chi connectivity index (χ0) is 27.0. The molecule has 3 N–H and O–H groups in total. The van der Waals surface area contributed by atoms with Crippen LogP contribution in [0.4, 0.5) is 5.69 Å². The number of carbonyl (C=O) groups excluding carboxylic acids is 1. The van der Waals surface area contributed by atoms with Crippen LogP contribution in [-0.4, -0.2) is 37.0 Å². The van der Waals surface area contributed by atoms with Crippen LogP contribution in [0.5, 0.6) is 11.5 Å². The van der Waals surface area contributed by atoms with Crippen molar-refractivity contribution < 1.29 is 9.53 Å². The number of fused-ring (bicyclic) bond motifs is 1. The minimum atomic E-state index is -0.0206. The van der Waals surface area contributed by atoms with E-state index in [0.29, 0.717) is 37.5 Å². The molecule has 0 atom stereocenters. The highest BCUT2D eigenvalue weighted by Crippen LogP contribution is 2.32. The number of hydrogen-bond donors (Lipinski definition) is 2. The van der Waals surface area contributed by atoms with Gasteiger partial charge in [-0.25, -0.2) is 0 Å². The summed E-state index contributed by atoms with van der Waals surface area (Å²) in [4.78, 5) is 18.0. The van der Waals surface area contributed by atoms with Crippen molar-refractivity contribution >= 4 is 11.6 Å². The Bertz CT molecular complexity index is 1440. The molecule has 198 valence electrons. The van der Waals surface area contributed by atoms with Gasteiger partial charge in [-0.15, -0.1) is 0 Å². The highest BCUT2D eigenvalue weighted by molar-refractivity contribution is 5.95. The van der Waals surface area contributed by atoms with E-state index in [1.807, 2.05) is 77.7 Å². The number of nitrogens with zero attached hydrogens (tertiary/aromatic N) is 2. The monoisotopic (exact) mass is 518 g/mol. The van der Waals surface area contributed by atoms with Gasteiger partial charge in [-0.3, -0.25) is 4.79 Å². The Morgan fingerprint density at radius 3 is 2.36 bits per heavy atom. The maximum atomic E-state index is 13.8. The Morgan fingerprint density at radius 1 is 0.872 bits per heavy atom. The second kappa shape index (κ2) is 12.2. The molecule has 6 heteroatoms. The lowest BCUT2D eigenvalue weighted by molar-refractivity contribution is 0.0751. The van der Waals surface area contributed by atoms with E-state index in [1.54, 1.807) is 6.20 Å². The van der Waals surface area contributed by atoms with Gasteiger partial charge in [0.05, 0.1) is 6.54 Å². The minimum absolute atomic E-state index is 0.0206. The number of anilines is 1. The number of rotatable bonds is 8. The van der Waals surface area contributed by atoms with E-state index in [-0.39, 0.29) is 5.91 Å². The molecule has 0 radical (unpaired) electrons. The molecule has 0 saturated carbocycles. The van der Waals surface area contributed by atoms with Gasteiger partial charge in [0.2, 0.25) is 0 Å². The van der Waals surface area contributed by atoms with Crippen molar-refractivity contribution in [1.82, 2.24) is 10.2 Å². The number of carbonyl (C=O) groups is 1. The summed E-state index contributed by atoms with van der Waals surface area (Å²) in [6.45, 7) is 5.28. The zero-order valence-electron chi connectivity index (χ0n) is 22.2. The van der Waals surface area contributed by atoms with Crippen LogP contribution in [0.2, 0.25) is 0 Å². The standard InChI is InChI=1S/C33H34N4O2/c1-2-35-29(22-34)24-36-18-19-37(23-28-20-26(16-17-32(28)36)25-10-5-3-6-11-25)33(38)27-12-9-15-31(21-27)39-30-13-7-4-8-14-30/h3-17,20-22,35H,2,18-19,23-24,34H2,1H3/b29-22-. The fraction of sp³-hybridized carbons (Fsp3) is 0.182. The second-order valence-electron chi connectivity index (χ2n) is 9.52. The third-order valence-electron chi connectivity index (χ3n) is 6.84. The molecule has 0 spiro atoms. The predicted octanol–water partition coefficient (Wildman–Crippen LogP) is 6.02. The van der Waals surface area contributed by atoms with Crippen molar-refractivity contribution in [1.29, 1.82) is 0 Å². The molecule has 6 nitrogen and oxygen atoms in total. The summed E-state index contributed by atoms with van der Waals surface area (Å²) in [5.41, 5.74) is 12.0. The van der Waals surface area contributed by atoms with Crippen molar-refractivity contribution in [3.8, 4) is 22.6 Å². The second-order valence-corrected chi connectivity index (χ2v) is 9.52. The number of amides is 1. The summed E-state index contributed by atoms with van der Waals surface area (Å²) in [6, 6.07) is 33.9. The first-order valence-corrected chi connectivity index (χ1v) is 13.3. The normalized spacial score (nSPS) is 13.4. The number of para-hydroxylation sites is 1. The lowest BCUT2D eigenvalue weighted by Crippen LogP contribution is -2.37. The van der Waals surface area contributed by atoms with Crippen molar-refractivity contribution in [2.75, 3.05) is 31.1 Å². The van der Waals surface area contributed by atoms with Gasteiger partial charge in [0.1, 0.15) is 11.5 Å². The Balaban J connectivity index is 1.44. The summed E-state index contributed by atoms with van der Waals surface area (Å²) in [7, 11) is 0. The van der Waals surface area contributed by atoms with E-state index >= 15 is 0 Å². The van der Waals surface area contributed by atoms with Gasteiger partial charge < -0.3 is 25.6 Å². The van der Waals surface area contributed by atoms with E-state index < -0.39 is 0 Å². The molecule has 0 saturated heterocycles. The molecule has 1 amide bonds. The van der Waals surface area contributed by atoms with Crippen LogP contribution in [0.15, 0.2) is 115 Å². The van der Waals surface area contributed by atoms with Gasteiger partial charge in [0.25, 0.3) is 5.91 Å². The van der Waals surface area contributed by atoms with Crippen LogP contribution >= 0.6 is 0 Å². The lowest BCUT2D eigenvalue weighted by Gasteiger charge is -2.26. The fourth-order valence-electron chi connectivity index (χ4n) is 4.91. The Kier molecular flexibility index (Phi) is 8.12. The first-order valence-electron chi connectivity index (χ1n) is 13.3. The highest BCUT2D eigenvalue weighted by atomic mass is 16.5. The number of hydrogen-bond acceptors (Lipinski definition) is 5. The molecule has 1 aliphatic rings. The smallest absolute Gasteiger partial charge is 0.254 e. The molecule has 0 unspecified atom stereocenters. The number of nitrogens with two attached hydrogens (primary N) is 1. The molecular formula is C33H34N4O2. The molecule has 4 aromatic rings. The largest absolute Gasteiger partial charge is 0.457 e. The number of likely N-dealkylation sites (N-methyl/N-ethyl adjacent to an activating group) is 1. The van der Waals surface area contributed by atoms with Crippen LogP contribution in [0, 0.1) is 0 Å². The molecule has 0 aromatic heterocycles. The van der Waals surface area contributed by atoms with Crippen molar-refractivity contribution in [2.24, 2.45) is 5.73 Å². The Hall–Kier alpha value is -4.71. The Morgan fingerprint density at radius 2 is 1.62 bits per heavy atom. The molecule has 0 fully saturated rings. The third kappa shape index (κ3) is 6.24. The maximum Gasteiger partial charge on any atom is 0.254 e. The molecule has 1 heterocycles. The molecule has 5 rings (SSSR count). The van der Waals surface area contributed by atoms with Crippen molar-refractivity contribution in [3.63, 3.8) is 0 Å².